The molecule has 0 radical (unpaired) electrons. The first-order valence-corrected chi connectivity index (χ1v) is 25.6. The van der Waals surface area contributed by atoms with Crippen molar-refractivity contribution in [3.63, 3.8) is 0 Å². The molecule has 0 atom stereocenters. The molecule has 0 N–H and O–H groups in total. The lowest BCUT2D eigenvalue weighted by Crippen LogP contribution is -2.10. The number of unbranched alkanes of at least 4 members (excludes halogenated alkanes) is 10. The molecule has 0 amide bonds. The van der Waals surface area contributed by atoms with Gasteiger partial charge in [0.15, 0.2) is 0 Å². The van der Waals surface area contributed by atoms with Crippen LogP contribution in [0.3, 0.4) is 0 Å². The van der Waals surface area contributed by atoms with Crippen molar-refractivity contribution in [1.82, 2.24) is 0 Å². The summed E-state index contributed by atoms with van der Waals surface area (Å²) in [5.41, 5.74) is 4.62. The fourth-order valence-electron chi connectivity index (χ4n) is 8.12. The lowest BCUT2D eigenvalue weighted by atomic mass is 9.97. The number of carbonyl (C=O) groups is 4. The van der Waals surface area contributed by atoms with Gasteiger partial charge in [-0.25, -0.2) is 19.2 Å². The van der Waals surface area contributed by atoms with Crippen molar-refractivity contribution in [3.8, 4) is 62.5 Å². The van der Waals surface area contributed by atoms with Crippen molar-refractivity contribution in [1.29, 1.82) is 0 Å². The predicted octanol–water partition coefficient (Wildman–Crippen LogP) is 15.4. The van der Waals surface area contributed by atoms with Crippen molar-refractivity contribution >= 4 is 23.9 Å². The summed E-state index contributed by atoms with van der Waals surface area (Å²) in [7, 11) is 1.60. The van der Waals surface area contributed by atoms with Gasteiger partial charge in [-0.1, -0.05) is 121 Å². The number of para-hydroxylation sites is 1. The van der Waals surface area contributed by atoms with Crippen LogP contribution in [0.4, 0.5) is 0 Å². The number of carbonyl (C=O) groups excluding carboxylic acids is 4. The fourth-order valence-corrected chi connectivity index (χ4v) is 8.12. The molecule has 0 saturated carbocycles. The van der Waals surface area contributed by atoms with Gasteiger partial charge in [-0.15, -0.1) is 0 Å². The van der Waals surface area contributed by atoms with E-state index in [4.69, 9.17) is 33.2 Å². The first-order chi connectivity index (χ1) is 36.2. The van der Waals surface area contributed by atoms with Gasteiger partial charge in [-0.2, -0.15) is 0 Å². The van der Waals surface area contributed by atoms with Crippen LogP contribution in [0.2, 0.25) is 0 Å². The van der Waals surface area contributed by atoms with Crippen LogP contribution in [0, 0.1) is 0 Å². The summed E-state index contributed by atoms with van der Waals surface area (Å²) in [5.74, 6) is 1.12. The van der Waals surface area contributed by atoms with Crippen molar-refractivity contribution in [2.75, 3.05) is 20.3 Å². The van der Waals surface area contributed by atoms with E-state index < -0.39 is 23.9 Å². The molecule has 7 aromatic carbocycles. The van der Waals surface area contributed by atoms with Crippen molar-refractivity contribution < 1.29 is 52.3 Å². The van der Waals surface area contributed by atoms with Crippen LogP contribution in [0.25, 0.3) is 22.3 Å². The Morgan fingerprint density at radius 2 is 0.595 bits per heavy atom. The van der Waals surface area contributed by atoms with E-state index >= 15 is 0 Å². The summed E-state index contributed by atoms with van der Waals surface area (Å²) in [5, 5.41) is 0. The summed E-state index contributed by atoms with van der Waals surface area (Å²) in [6, 6.07) is 46.1. The Morgan fingerprint density at radius 3 is 0.892 bits per heavy atom. The smallest absolute Gasteiger partial charge is 0.343 e. The van der Waals surface area contributed by atoms with Gasteiger partial charge in [0.25, 0.3) is 0 Å². The maximum absolute atomic E-state index is 13.1. The first kappa shape index (κ1) is 53.6. The summed E-state index contributed by atoms with van der Waals surface area (Å²) < 4.78 is 40.0. The van der Waals surface area contributed by atoms with Gasteiger partial charge in [0.1, 0.15) is 40.2 Å². The number of rotatable bonds is 27. The van der Waals surface area contributed by atoms with E-state index in [1.807, 2.05) is 42.5 Å². The van der Waals surface area contributed by atoms with E-state index in [2.05, 4.69) is 13.8 Å². The third kappa shape index (κ3) is 15.9. The largest absolute Gasteiger partial charge is 0.495 e. The van der Waals surface area contributed by atoms with Gasteiger partial charge in [-0.3, -0.25) is 0 Å². The third-order valence-electron chi connectivity index (χ3n) is 12.3. The quantitative estimate of drug-likeness (QED) is 0.0277. The Labute approximate surface area is 434 Å². The van der Waals surface area contributed by atoms with E-state index in [0.717, 1.165) is 47.9 Å². The summed E-state index contributed by atoms with van der Waals surface area (Å²) in [6.45, 7) is 5.69. The van der Waals surface area contributed by atoms with Crippen LogP contribution < -0.4 is 33.2 Å². The number of hydrogen-bond acceptors (Lipinski definition) is 11. The Bertz CT molecular complexity index is 2680. The molecule has 0 spiro atoms. The zero-order chi connectivity index (χ0) is 51.9. The predicted molar refractivity (Wildman–Crippen MR) is 287 cm³/mol. The second-order valence-corrected chi connectivity index (χ2v) is 17.8. The highest BCUT2D eigenvalue weighted by Gasteiger charge is 2.17. The molecule has 11 heteroatoms. The minimum atomic E-state index is -0.570. The average Bonchev–Trinajstić information content (AvgIpc) is 3.43. The van der Waals surface area contributed by atoms with Crippen LogP contribution in [0.1, 0.15) is 132 Å². The molecule has 7 rings (SSSR count). The molecule has 0 aliphatic carbocycles. The minimum absolute atomic E-state index is 0.285. The molecule has 0 fully saturated rings. The fraction of sp³-hybridized carbons (Fsp3) is 0.270. The second-order valence-electron chi connectivity index (χ2n) is 17.8. The van der Waals surface area contributed by atoms with E-state index in [1.165, 1.54) is 51.4 Å². The van der Waals surface area contributed by atoms with Crippen molar-refractivity contribution in [2.24, 2.45) is 0 Å². The normalized spacial score (nSPS) is 10.8. The second kappa shape index (κ2) is 28.2. The molecule has 0 unspecified atom stereocenters. The number of methoxy groups -OCH3 is 1. The zero-order valence-corrected chi connectivity index (χ0v) is 42.5. The lowest BCUT2D eigenvalue weighted by molar-refractivity contribution is 0.0720. The third-order valence-corrected chi connectivity index (χ3v) is 12.3. The van der Waals surface area contributed by atoms with Crippen LogP contribution in [-0.4, -0.2) is 44.2 Å². The van der Waals surface area contributed by atoms with Gasteiger partial charge in [0.05, 0.1) is 42.6 Å². The molecule has 74 heavy (non-hydrogen) atoms. The number of esters is 4. The van der Waals surface area contributed by atoms with Crippen molar-refractivity contribution in [2.45, 2.75) is 90.9 Å². The molecule has 11 nitrogen and oxygen atoms in total. The SMILES string of the molecule is CCCCCCCCOc1ccc(C(=O)Oc2ccc(C(=O)Oc3ccc(-c4cccc(-c5ccc(OC(=O)c6ccc(OC(=O)c7ccc(OCCCCCCCC)cc7)cc6)cc5)c4OC)cc3)cc2)cc1. The lowest BCUT2D eigenvalue weighted by Gasteiger charge is -2.15. The van der Waals surface area contributed by atoms with Gasteiger partial charge >= 0.3 is 23.9 Å². The maximum Gasteiger partial charge on any atom is 0.343 e. The molecule has 7 aromatic rings. The first-order valence-electron chi connectivity index (χ1n) is 25.6. The zero-order valence-electron chi connectivity index (χ0n) is 42.5. The van der Waals surface area contributed by atoms with Gasteiger partial charge in [0.2, 0.25) is 0 Å². The monoisotopic (exact) mass is 996 g/mol. The maximum atomic E-state index is 13.1. The highest BCUT2D eigenvalue weighted by atomic mass is 16.5. The van der Waals surface area contributed by atoms with E-state index in [0.29, 0.717) is 64.6 Å². The van der Waals surface area contributed by atoms with Gasteiger partial charge < -0.3 is 33.2 Å². The standard InChI is InChI=1S/C63H64O11/c1-4-6-8-10-12-14-43-69-51-31-23-47(24-32-51)60(64)73-55-39-27-49(28-40-55)62(66)71-53-35-19-45(20-36-53)57-17-16-18-58(59(57)68-3)46-21-37-54(38-22-46)72-63(67)50-29-41-56(42-30-50)74-61(65)48-25-33-52(34-26-48)70-44-15-13-11-9-7-5-2/h16-42H,4-15,43-44H2,1-3H3. The van der Waals surface area contributed by atoms with E-state index in [-0.39, 0.29) is 11.1 Å². The highest BCUT2D eigenvalue weighted by molar-refractivity contribution is 5.94. The highest BCUT2D eigenvalue weighted by Crippen LogP contribution is 2.40. The molecule has 0 heterocycles. The van der Waals surface area contributed by atoms with Crippen LogP contribution in [0.15, 0.2) is 164 Å². The molecule has 382 valence electrons. The Balaban J connectivity index is 0.867. The average molecular weight is 997 g/mol. The van der Waals surface area contributed by atoms with E-state index in [9.17, 15) is 19.2 Å². The minimum Gasteiger partial charge on any atom is -0.495 e. The number of benzene rings is 7. The van der Waals surface area contributed by atoms with Crippen LogP contribution in [-0.2, 0) is 0 Å². The Morgan fingerprint density at radius 1 is 0.324 bits per heavy atom. The van der Waals surface area contributed by atoms with Crippen molar-refractivity contribution in [3.05, 3.63) is 186 Å². The molecule has 0 aliphatic rings. The molecule has 0 bridgehead atoms. The van der Waals surface area contributed by atoms with Crippen LogP contribution >= 0.6 is 0 Å². The molecular formula is C63H64O11. The summed E-state index contributed by atoms with van der Waals surface area (Å²) in [6.07, 6.45) is 14.2. The van der Waals surface area contributed by atoms with Gasteiger partial charge in [-0.05, 0) is 145 Å². The molecule has 0 saturated heterocycles. The van der Waals surface area contributed by atoms with E-state index in [1.54, 1.807) is 128 Å². The Kier molecular flexibility index (Phi) is 20.4. The Hall–Kier alpha value is -8.18. The molecular weight excluding hydrogens is 933 g/mol. The topological polar surface area (TPSA) is 133 Å². The summed E-state index contributed by atoms with van der Waals surface area (Å²) in [4.78, 5) is 51.8. The van der Waals surface area contributed by atoms with Crippen LogP contribution in [0.5, 0.6) is 40.2 Å². The number of ether oxygens (including phenoxy) is 7. The van der Waals surface area contributed by atoms with Gasteiger partial charge in [0, 0.05) is 11.1 Å². The molecule has 0 aliphatic heterocycles. The molecule has 0 aromatic heterocycles. The number of hydrogen-bond donors (Lipinski definition) is 0. The summed E-state index contributed by atoms with van der Waals surface area (Å²) >= 11 is 0.